The van der Waals surface area contributed by atoms with Crippen LogP contribution in [0.15, 0.2) is 0 Å². The minimum atomic E-state index is -0.0117. The highest BCUT2D eigenvalue weighted by atomic mass is 32.2. The Bertz CT molecular complexity index is 154. The van der Waals surface area contributed by atoms with Crippen LogP contribution in [0.4, 0.5) is 0 Å². The van der Waals surface area contributed by atoms with E-state index in [2.05, 4.69) is 0 Å². The van der Waals surface area contributed by atoms with Crippen LogP contribution in [0.25, 0.3) is 0 Å². The first-order chi connectivity index (χ1) is 7.86. The maximum atomic E-state index is 5.51. The quantitative estimate of drug-likeness (QED) is 0.617. The molecule has 1 aliphatic heterocycles. The van der Waals surface area contributed by atoms with Crippen LogP contribution in [0.3, 0.4) is 0 Å². The van der Waals surface area contributed by atoms with Gasteiger partial charge in [-0.05, 0) is 32.4 Å². The van der Waals surface area contributed by atoms with Gasteiger partial charge < -0.3 is 14.2 Å². The van der Waals surface area contributed by atoms with Crippen LogP contribution in [0.5, 0.6) is 0 Å². The molecule has 0 spiro atoms. The molecule has 3 nitrogen and oxygen atoms in total. The zero-order valence-electron chi connectivity index (χ0n) is 10.4. The Hall–Kier alpha value is 0.230. The second-order valence-electron chi connectivity index (χ2n) is 3.81. The second kappa shape index (κ2) is 9.28. The monoisotopic (exact) mass is 248 g/mol. The third-order valence-electron chi connectivity index (χ3n) is 2.58. The molecule has 4 heteroatoms. The molecule has 0 radical (unpaired) electrons. The fourth-order valence-electron chi connectivity index (χ4n) is 1.76. The molecule has 1 aliphatic rings. The minimum absolute atomic E-state index is 0.0117. The summed E-state index contributed by atoms with van der Waals surface area (Å²) in [4.78, 5) is 0. The lowest BCUT2D eigenvalue weighted by atomic mass is 10.2. The van der Waals surface area contributed by atoms with Crippen LogP contribution in [0, 0.1) is 0 Å². The van der Waals surface area contributed by atoms with E-state index in [1.54, 1.807) is 0 Å². The van der Waals surface area contributed by atoms with Crippen LogP contribution in [0.2, 0.25) is 0 Å². The van der Waals surface area contributed by atoms with Crippen molar-refractivity contribution in [1.82, 2.24) is 0 Å². The van der Waals surface area contributed by atoms with Crippen molar-refractivity contribution >= 4 is 11.8 Å². The smallest absolute Gasteiger partial charge is 0.158 e. The summed E-state index contributed by atoms with van der Waals surface area (Å²) in [5.74, 6) is 1.12. The van der Waals surface area contributed by atoms with Gasteiger partial charge in [-0.2, -0.15) is 11.8 Å². The third-order valence-corrected chi connectivity index (χ3v) is 3.99. The van der Waals surface area contributed by atoms with Crippen molar-refractivity contribution in [1.29, 1.82) is 0 Å². The third kappa shape index (κ3) is 6.09. The lowest BCUT2D eigenvalue weighted by molar-refractivity contribution is -0.136. The van der Waals surface area contributed by atoms with E-state index in [-0.39, 0.29) is 6.29 Å². The fraction of sp³-hybridized carbons (Fsp3) is 1.00. The summed E-state index contributed by atoms with van der Waals surface area (Å²) in [7, 11) is 0. The summed E-state index contributed by atoms with van der Waals surface area (Å²) in [6, 6.07) is 0. The molecule has 0 aromatic carbocycles. The van der Waals surface area contributed by atoms with E-state index in [1.165, 1.54) is 12.8 Å². The van der Waals surface area contributed by atoms with E-state index in [0.29, 0.717) is 0 Å². The van der Waals surface area contributed by atoms with Gasteiger partial charge in [-0.25, -0.2) is 0 Å². The van der Waals surface area contributed by atoms with E-state index in [4.69, 9.17) is 14.2 Å². The zero-order chi connectivity index (χ0) is 11.6. The molecule has 1 rings (SSSR count). The van der Waals surface area contributed by atoms with Crippen molar-refractivity contribution in [2.75, 3.05) is 32.2 Å². The van der Waals surface area contributed by atoms with Gasteiger partial charge >= 0.3 is 0 Å². The normalized spacial score (nSPS) is 18.2. The molecule has 0 aliphatic carbocycles. The summed E-state index contributed by atoms with van der Waals surface area (Å²) in [5.41, 5.74) is 0. The van der Waals surface area contributed by atoms with Crippen molar-refractivity contribution in [2.24, 2.45) is 0 Å². The molecule has 0 unspecified atom stereocenters. The standard InChI is InChI=1S/C12H24O3S/c1-3-14-12(15-4-2)7-10-16-11-5-8-13-9-6-11/h11-12H,3-10H2,1-2H3. The molecule has 0 aromatic heterocycles. The van der Waals surface area contributed by atoms with Crippen LogP contribution in [0.1, 0.15) is 33.1 Å². The molecule has 0 saturated carbocycles. The first-order valence-corrected chi connectivity index (χ1v) is 7.34. The van der Waals surface area contributed by atoms with Crippen molar-refractivity contribution < 1.29 is 14.2 Å². The van der Waals surface area contributed by atoms with E-state index in [1.807, 2.05) is 25.6 Å². The number of ether oxygens (including phenoxy) is 3. The summed E-state index contributed by atoms with van der Waals surface area (Å²) in [6.07, 6.45) is 3.36. The number of thioether (sulfide) groups is 1. The molecular weight excluding hydrogens is 224 g/mol. The lowest BCUT2D eigenvalue weighted by Crippen LogP contribution is -2.21. The van der Waals surface area contributed by atoms with Gasteiger partial charge in [0.05, 0.1) is 0 Å². The molecule has 1 saturated heterocycles. The van der Waals surface area contributed by atoms with Gasteiger partial charge in [-0.1, -0.05) is 0 Å². The average Bonchev–Trinajstić information content (AvgIpc) is 2.31. The Morgan fingerprint density at radius 3 is 2.38 bits per heavy atom. The molecule has 0 N–H and O–H groups in total. The predicted molar refractivity (Wildman–Crippen MR) is 68.0 cm³/mol. The van der Waals surface area contributed by atoms with Crippen molar-refractivity contribution in [3.8, 4) is 0 Å². The Balaban J connectivity index is 2.06. The summed E-state index contributed by atoms with van der Waals surface area (Å²) in [6.45, 7) is 7.34. The van der Waals surface area contributed by atoms with Crippen molar-refractivity contribution in [3.05, 3.63) is 0 Å². The molecule has 0 aromatic rings. The molecule has 0 atom stereocenters. The molecule has 96 valence electrons. The maximum absolute atomic E-state index is 5.51. The van der Waals surface area contributed by atoms with Crippen LogP contribution < -0.4 is 0 Å². The number of rotatable bonds is 8. The van der Waals surface area contributed by atoms with Gasteiger partial charge in [-0.15, -0.1) is 0 Å². The highest BCUT2D eigenvalue weighted by Gasteiger charge is 2.15. The van der Waals surface area contributed by atoms with E-state index in [0.717, 1.165) is 43.9 Å². The Kier molecular flexibility index (Phi) is 8.29. The molecule has 1 fully saturated rings. The summed E-state index contributed by atoms with van der Waals surface area (Å²) < 4.78 is 16.4. The van der Waals surface area contributed by atoms with Gasteiger partial charge in [0.25, 0.3) is 0 Å². The van der Waals surface area contributed by atoms with Gasteiger partial charge in [0.2, 0.25) is 0 Å². The fourth-order valence-corrected chi connectivity index (χ4v) is 2.95. The molecule has 1 heterocycles. The average molecular weight is 248 g/mol. The topological polar surface area (TPSA) is 27.7 Å². The van der Waals surface area contributed by atoms with Crippen molar-refractivity contribution in [3.63, 3.8) is 0 Å². The first-order valence-electron chi connectivity index (χ1n) is 6.29. The van der Waals surface area contributed by atoms with Gasteiger partial charge in [0.15, 0.2) is 6.29 Å². The van der Waals surface area contributed by atoms with Crippen LogP contribution in [-0.4, -0.2) is 43.7 Å². The molecule has 0 amide bonds. The van der Waals surface area contributed by atoms with Crippen LogP contribution in [-0.2, 0) is 14.2 Å². The highest BCUT2D eigenvalue weighted by molar-refractivity contribution is 7.99. The SMILES string of the molecule is CCOC(CCSC1CCOCC1)OCC. The minimum Gasteiger partial charge on any atom is -0.381 e. The summed E-state index contributed by atoms with van der Waals surface area (Å²) in [5, 5.41) is 0.776. The number of hydrogen-bond acceptors (Lipinski definition) is 4. The Morgan fingerprint density at radius 1 is 1.19 bits per heavy atom. The summed E-state index contributed by atoms with van der Waals surface area (Å²) >= 11 is 2.04. The van der Waals surface area contributed by atoms with Gasteiger partial charge in [0, 0.05) is 38.1 Å². The maximum Gasteiger partial charge on any atom is 0.158 e. The first kappa shape index (κ1) is 14.3. The van der Waals surface area contributed by atoms with Crippen molar-refractivity contribution in [2.45, 2.75) is 44.6 Å². The highest BCUT2D eigenvalue weighted by Crippen LogP contribution is 2.23. The van der Waals surface area contributed by atoms with E-state index >= 15 is 0 Å². The predicted octanol–water partition coefficient (Wildman–Crippen LogP) is 2.69. The number of hydrogen-bond donors (Lipinski definition) is 0. The van der Waals surface area contributed by atoms with Gasteiger partial charge in [0.1, 0.15) is 0 Å². The molecular formula is C12H24O3S. The molecule has 16 heavy (non-hydrogen) atoms. The molecule has 0 bridgehead atoms. The zero-order valence-corrected chi connectivity index (χ0v) is 11.3. The Labute approximate surface area is 103 Å². The van der Waals surface area contributed by atoms with Crippen LogP contribution >= 0.6 is 11.8 Å². The van der Waals surface area contributed by atoms with E-state index in [9.17, 15) is 0 Å². The lowest BCUT2D eigenvalue weighted by Gasteiger charge is -2.22. The van der Waals surface area contributed by atoms with Gasteiger partial charge in [-0.3, -0.25) is 0 Å². The van der Waals surface area contributed by atoms with E-state index < -0.39 is 0 Å². The Morgan fingerprint density at radius 2 is 1.81 bits per heavy atom. The largest absolute Gasteiger partial charge is 0.381 e. The second-order valence-corrected chi connectivity index (χ2v) is 5.22.